The van der Waals surface area contributed by atoms with Crippen molar-refractivity contribution in [1.82, 2.24) is 10.3 Å². The Kier molecular flexibility index (Phi) is 6.24. The van der Waals surface area contributed by atoms with Gasteiger partial charge in [0.2, 0.25) is 0 Å². The molecule has 2 heterocycles. The van der Waals surface area contributed by atoms with Gasteiger partial charge in [-0.15, -0.1) is 11.3 Å². The number of carbonyl (C=O) groups is 2. The summed E-state index contributed by atoms with van der Waals surface area (Å²) in [5.74, 6) is 0.645. The molecule has 1 aliphatic rings. The minimum atomic E-state index is -3.43. The highest BCUT2D eigenvalue weighted by molar-refractivity contribution is 7.90. The number of aromatic nitrogens is 1. The fourth-order valence-corrected chi connectivity index (χ4v) is 4.61. The zero-order valence-corrected chi connectivity index (χ0v) is 18.8. The number of fused-ring (bicyclic) bond motifs is 1. The average Bonchev–Trinajstić information content (AvgIpc) is 3.25. The topological polar surface area (TPSA) is 112 Å². The summed E-state index contributed by atoms with van der Waals surface area (Å²) in [5, 5.41) is 5.03. The van der Waals surface area contributed by atoms with Crippen LogP contribution in [-0.4, -0.2) is 51.1 Å². The van der Waals surface area contributed by atoms with Gasteiger partial charge in [0.1, 0.15) is 18.2 Å². The number of Topliss-reactive ketones (excluding diaryl/α,β-unsaturated/α-hetero) is 1. The molecule has 0 fully saturated rings. The van der Waals surface area contributed by atoms with Crippen LogP contribution in [0.5, 0.6) is 11.5 Å². The number of thiazole rings is 1. The van der Waals surface area contributed by atoms with E-state index in [1.165, 1.54) is 35.6 Å². The van der Waals surface area contributed by atoms with E-state index in [0.29, 0.717) is 29.7 Å². The molecule has 8 nitrogen and oxygen atoms in total. The molecule has 0 bridgehead atoms. The number of ether oxygens (including phenoxy) is 2. The van der Waals surface area contributed by atoms with Crippen molar-refractivity contribution < 1.29 is 27.5 Å². The van der Waals surface area contributed by atoms with E-state index in [4.69, 9.17) is 9.47 Å². The third-order valence-electron chi connectivity index (χ3n) is 4.71. The fourth-order valence-electron chi connectivity index (χ4n) is 3.11. The van der Waals surface area contributed by atoms with Gasteiger partial charge in [0.25, 0.3) is 5.91 Å². The number of amides is 1. The second-order valence-electron chi connectivity index (χ2n) is 7.18. The minimum absolute atomic E-state index is 0.0472. The van der Waals surface area contributed by atoms with Crippen LogP contribution >= 0.6 is 11.3 Å². The van der Waals surface area contributed by atoms with E-state index in [1.807, 2.05) is 23.6 Å². The highest BCUT2D eigenvalue weighted by Gasteiger charge is 2.16. The van der Waals surface area contributed by atoms with Gasteiger partial charge in [0, 0.05) is 22.8 Å². The van der Waals surface area contributed by atoms with E-state index < -0.39 is 15.7 Å². The largest absolute Gasteiger partial charge is 0.486 e. The van der Waals surface area contributed by atoms with Crippen LogP contribution in [0.1, 0.15) is 15.4 Å². The molecule has 0 radical (unpaired) electrons. The van der Waals surface area contributed by atoms with Gasteiger partial charge in [0.05, 0.1) is 23.6 Å². The molecule has 3 aromatic rings. The van der Waals surface area contributed by atoms with Crippen LogP contribution in [-0.2, 0) is 21.1 Å². The molecule has 0 saturated heterocycles. The van der Waals surface area contributed by atoms with Crippen molar-refractivity contribution in [2.75, 3.05) is 26.0 Å². The maximum atomic E-state index is 12.3. The molecule has 1 aromatic heterocycles. The van der Waals surface area contributed by atoms with E-state index >= 15 is 0 Å². The first-order valence-electron chi connectivity index (χ1n) is 9.74. The smallest absolute Gasteiger partial charge is 0.251 e. The number of rotatable bonds is 7. The number of sulfone groups is 1. The summed E-state index contributed by atoms with van der Waals surface area (Å²) < 4.78 is 34.4. The fraction of sp³-hybridized carbons (Fsp3) is 0.227. The number of hydrogen-bond donors (Lipinski definition) is 1. The van der Waals surface area contributed by atoms with Crippen molar-refractivity contribution in [1.29, 1.82) is 0 Å². The van der Waals surface area contributed by atoms with Crippen molar-refractivity contribution in [2.24, 2.45) is 0 Å². The summed E-state index contributed by atoms with van der Waals surface area (Å²) in [4.78, 5) is 29.2. The molecule has 32 heavy (non-hydrogen) atoms. The van der Waals surface area contributed by atoms with Gasteiger partial charge in [0.15, 0.2) is 27.1 Å². The Hall–Kier alpha value is -3.24. The van der Waals surface area contributed by atoms with Gasteiger partial charge in [-0.3, -0.25) is 9.59 Å². The molecule has 0 unspecified atom stereocenters. The Morgan fingerprint density at radius 1 is 1.09 bits per heavy atom. The predicted octanol–water partition coefficient (Wildman–Crippen LogP) is 2.53. The molecule has 0 saturated carbocycles. The van der Waals surface area contributed by atoms with Gasteiger partial charge in [-0.05, 0) is 36.4 Å². The maximum Gasteiger partial charge on any atom is 0.251 e. The van der Waals surface area contributed by atoms with Crippen molar-refractivity contribution in [3.05, 3.63) is 58.4 Å². The number of carbonyl (C=O) groups excluding carboxylic acids is 2. The Morgan fingerprint density at radius 2 is 1.88 bits per heavy atom. The second kappa shape index (κ2) is 9.09. The van der Waals surface area contributed by atoms with E-state index in [9.17, 15) is 18.0 Å². The zero-order valence-electron chi connectivity index (χ0n) is 17.2. The van der Waals surface area contributed by atoms with Gasteiger partial charge < -0.3 is 14.8 Å². The summed E-state index contributed by atoms with van der Waals surface area (Å²) in [6.45, 7) is 0.841. The molecule has 10 heteroatoms. The van der Waals surface area contributed by atoms with Crippen LogP contribution in [0.15, 0.2) is 52.7 Å². The summed E-state index contributed by atoms with van der Waals surface area (Å²) in [5.41, 5.74) is 1.77. The molecule has 1 amide bonds. The number of ketones is 1. The summed E-state index contributed by atoms with van der Waals surface area (Å²) in [6.07, 6.45) is 1.15. The van der Waals surface area contributed by atoms with Gasteiger partial charge in [-0.2, -0.15) is 0 Å². The molecule has 0 spiro atoms. The van der Waals surface area contributed by atoms with Crippen LogP contribution in [0.4, 0.5) is 0 Å². The van der Waals surface area contributed by atoms with Crippen molar-refractivity contribution in [2.45, 2.75) is 11.3 Å². The Labute approximate surface area is 189 Å². The van der Waals surface area contributed by atoms with Crippen LogP contribution < -0.4 is 14.8 Å². The quantitative estimate of drug-likeness (QED) is 0.562. The first-order valence-corrected chi connectivity index (χ1v) is 12.5. The van der Waals surface area contributed by atoms with Crippen molar-refractivity contribution >= 4 is 32.9 Å². The van der Waals surface area contributed by atoms with Crippen LogP contribution in [0, 0.1) is 0 Å². The average molecular weight is 473 g/mol. The maximum absolute atomic E-state index is 12.3. The zero-order chi connectivity index (χ0) is 22.7. The first-order chi connectivity index (χ1) is 15.3. The van der Waals surface area contributed by atoms with Gasteiger partial charge in [-0.25, -0.2) is 13.4 Å². The standard InChI is InChI=1S/C22H20N2O6S2/c1-32(27,28)17-4-2-3-15(9-17)22(26)23-12-16(25)11-21-24-18(13-31-21)14-5-6-19-20(10-14)30-8-7-29-19/h2-6,9-10,13H,7-8,11-12H2,1H3,(H,23,26). The third kappa shape index (κ3) is 5.14. The second-order valence-corrected chi connectivity index (χ2v) is 10.1. The van der Waals surface area contributed by atoms with Crippen molar-refractivity contribution in [3.8, 4) is 22.8 Å². The molecule has 1 aliphatic heterocycles. The molecule has 166 valence electrons. The number of nitrogens with zero attached hydrogens (tertiary/aromatic N) is 1. The molecule has 0 aliphatic carbocycles. The van der Waals surface area contributed by atoms with Gasteiger partial charge in [-0.1, -0.05) is 6.07 Å². The van der Waals surface area contributed by atoms with Crippen LogP contribution in [0.25, 0.3) is 11.3 Å². The molecule has 2 aromatic carbocycles. The Balaban J connectivity index is 1.35. The van der Waals surface area contributed by atoms with E-state index in [-0.39, 0.29) is 29.2 Å². The first kappa shape index (κ1) is 22.0. The third-order valence-corrected chi connectivity index (χ3v) is 6.67. The number of hydrogen-bond acceptors (Lipinski definition) is 8. The lowest BCUT2D eigenvalue weighted by atomic mass is 10.1. The highest BCUT2D eigenvalue weighted by Crippen LogP contribution is 2.34. The highest BCUT2D eigenvalue weighted by atomic mass is 32.2. The number of nitrogens with one attached hydrogen (secondary N) is 1. The minimum Gasteiger partial charge on any atom is -0.486 e. The lowest BCUT2D eigenvalue weighted by Crippen LogP contribution is -2.30. The lowest BCUT2D eigenvalue weighted by molar-refractivity contribution is -0.117. The van der Waals surface area contributed by atoms with E-state index in [1.54, 1.807) is 0 Å². The van der Waals surface area contributed by atoms with Crippen molar-refractivity contribution in [3.63, 3.8) is 0 Å². The summed E-state index contributed by atoms with van der Waals surface area (Å²) >= 11 is 1.36. The van der Waals surface area contributed by atoms with Crippen LogP contribution in [0.2, 0.25) is 0 Å². The van der Waals surface area contributed by atoms with Crippen LogP contribution in [0.3, 0.4) is 0 Å². The summed E-state index contributed by atoms with van der Waals surface area (Å²) in [6, 6.07) is 11.3. The summed E-state index contributed by atoms with van der Waals surface area (Å²) in [7, 11) is -3.43. The molecular formula is C22H20N2O6S2. The van der Waals surface area contributed by atoms with E-state index in [0.717, 1.165) is 17.5 Å². The molecular weight excluding hydrogens is 452 g/mol. The van der Waals surface area contributed by atoms with E-state index in [2.05, 4.69) is 10.3 Å². The Bertz CT molecular complexity index is 1280. The monoisotopic (exact) mass is 472 g/mol. The van der Waals surface area contributed by atoms with Gasteiger partial charge >= 0.3 is 0 Å². The molecule has 0 atom stereocenters. The SMILES string of the molecule is CS(=O)(=O)c1cccc(C(=O)NCC(=O)Cc2nc(-c3ccc4c(c3)OCCO4)cs2)c1. The Morgan fingerprint density at radius 3 is 2.66 bits per heavy atom. The normalized spacial score (nSPS) is 12.9. The lowest BCUT2D eigenvalue weighted by Gasteiger charge is -2.18. The predicted molar refractivity (Wildman–Crippen MR) is 119 cm³/mol. The molecule has 4 rings (SSSR count). The number of benzene rings is 2. The molecule has 1 N–H and O–H groups in total.